The van der Waals surface area contributed by atoms with Crippen molar-refractivity contribution in [3.8, 4) is 0 Å². The predicted octanol–water partition coefficient (Wildman–Crippen LogP) is 3.70. The first-order valence-electron chi connectivity index (χ1n) is 4.32. The maximum absolute atomic E-state index is 11.7. The third-order valence-electron chi connectivity index (χ3n) is 1.86. The van der Waals surface area contributed by atoms with Gasteiger partial charge in [0.05, 0.1) is 27.4 Å². The SMILES string of the molecule is O=C(Nc1c(Cl)cccc1Cl)c1cncs1. The van der Waals surface area contributed by atoms with Crippen LogP contribution in [0.4, 0.5) is 5.69 Å². The highest BCUT2D eigenvalue weighted by Crippen LogP contribution is 2.30. The van der Waals surface area contributed by atoms with Gasteiger partial charge in [0.25, 0.3) is 5.91 Å². The van der Waals surface area contributed by atoms with Crippen LogP contribution in [0, 0.1) is 0 Å². The summed E-state index contributed by atoms with van der Waals surface area (Å²) in [5, 5.41) is 3.46. The van der Waals surface area contributed by atoms with E-state index in [1.165, 1.54) is 17.5 Å². The molecule has 0 bridgehead atoms. The summed E-state index contributed by atoms with van der Waals surface area (Å²) in [6.07, 6.45) is 1.49. The maximum Gasteiger partial charge on any atom is 0.267 e. The third-order valence-corrected chi connectivity index (χ3v) is 3.26. The summed E-state index contributed by atoms with van der Waals surface area (Å²) < 4.78 is 0. The molecule has 1 amide bonds. The first-order valence-corrected chi connectivity index (χ1v) is 5.96. The number of amides is 1. The van der Waals surface area contributed by atoms with Gasteiger partial charge >= 0.3 is 0 Å². The number of nitrogens with zero attached hydrogens (tertiary/aromatic N) is 1. The van der Waals surface area contributed by atoms with Crippen LogP contribution in [0.3, 0.4) is 0 Å². The number of nitrogens with one attached hydrogen (secondary N) is 1. The topological polar surface area (TPSA) is 42.0 Å². The first-order chi connectivity index (χ1) is 7.68. The molecule has 16 heavy (non-hydrogen) atoms. The van der Waals surface area contributed by atoms with Gasteiger partial charge < -0.3 is 5.32 Å². The Morgan fingerprint density at radius 1 is 1.31 bits per heavy atom. The number of aromatic nitrogens is 1. The zero-order valence-electron chi connectivity index (χ0n) is 7.91. The molecule has 0 unspecified atom stereocenters. The molecule has 1 aromatic carbocycles. The van der Waals surface area contributed by atoms with Gasteiger partial charge in [-0.3, -0.25) is 9.78 Å². The van der Waals surface area contributed by atoms with E-state index in [0.717, 1.165) is 0 Å². The first kappa shape index (κ1) is 11.4. The summed E-state index contributed by atoms with van der Waals surface area (Å²) >= 11 is 13.1. The monoisotopic (exact) mass is 272 g/mol. The Morgan fingerprint density at radius 2 is 2.00 bits per heavy atom. The number of para-hydroxylation sites is 1. The second-order valence-corrected chi connectivity index (χ2v) is 4.62. The van der Waals surface area contributed by atoms with E-state index >= 15 is 0 Å². The molecule has 1 N–H and O–H groups in total. The lowest BCUT2D eigenvalue weighted by Gasteiger charge is -2.07. The Morgan fingerprint density at radius 3 is 2.56 bits per heavy atom. The van der Waals surface area contributed by atoms with E-state index in [0.29, 0.717) is 20.6 Å². The number of anilines is 1. The number of carbonyl (C=O) groups is 1. The molecule has 1 heterocycles. The zero-order valence-corrected chi connectivity index (χ0v) is 10.2. The van der Waals surface area contributed by atoms with Crippen molar-refractivity contribution in [3.05, 3.63) is 44.8 Å². The lowest BCUT2D eigenvalue weighted by Crippen LogP contribution is -2.10. The predicted molar refractivity (Wildman–Crippen MR) is 66.5 cm³/mol. The van der Waals surface area contributed by atoms with E-state index in [4.69, 9.17) is 23.2 Å². The van der Waals surface area contributed by atoms with Crippen LogP contribution in [0.25, 0.3) is 0 Å². The van der Waals surface area contributed by atoms with Crippen molar-refractivity contribution >= 4 is 46.1 Å². The standard InChI is InChI=1S/C10H6Cl2N2OS/c11-6-2-1-3-7(12)9(6)14-10(15)8-4-13-5-16-8/h1-5H,(H,14,15). The molecule has 0 atom stereocenters. The smallest absolute Gasteiger partial charge is 0.267 e. The van der Waals surface area contributed by atoms with Crippen molar-refractivity contribution in [2.24, 2.45) is 0 Å². The molecular formula is C10H6Cl2N2OS. The highest BCUT2D eigenvalue weighted by molar-refractivity contribution is 7.11. The lowest BCUT2D eigenvalue weighted by atomic mass is 10.3. The fourth-order valence-corrected chi connectivity index (χ4v) is 2.13. The van der Waals surface area contributed by atoms with Crippen molar-refractivity contribution in [2.45, 2.75) is 0 Å². The number of benzene rings is 1. The fourth-order valence-electron chi connectivity index (χ4n) is 1.12. The molecule has 2 aromatic rings. The van der Waals surface area contributed by atoms with Crippen LogP contribution in [0.5, 0.6) is 0 Å². The highest BCUT2D eigenvalue weighted by atomic mass is 35.5. The van der Waals surface area contributed by atoms with Gasteiger partial charge in [-0.2, -0.15) is 0 Å². The van der Waals surface area contributed by atoms with E-state index in [-0.39, 0.29) is 5.91 Å². The summed E-state index contributed by atoms with van der Waals surface area (Å²) in [6.45, 7) is 0. The molecule has 3 nitrogen and oxygen atoms in total. The van der Waals surface area contributed by atoms with Gasteiger partial charge in [0.1, 0.15) is 4.88 Å². The van der Waals surface area contributed by atoms with Crippen molar-refractivity contribution in [2.75, 3.05) is 5.32 Å². The van der Waals surface area contributed by atoms with Crippen molar-refractivity contribution in [3.63, 3.8) is 0 Å². The molecule has 0 spiro atoms. The molecule has 6 heteroatoms. The largest absolute Gasteiger partial charge is 0.319 e. The van der Waals surface area contributed by atoms with Crippen LogP contribution in [-0.4, -0.2) is 10.9 Å². The molecule has 0 aliphatic carbocycles. The second kappa shape index (κ2) is 4.82. The fraction of sp³-hybridized carbons (Fsp3) is 0. The van der Waals surface area contributed by atoms with Gasteiger partial charge in [-0.25, -0.2) is 0 Å². The van der Waals surface area contributed by atoms with Gasteiger partial charge in [-0.05, 0) is 12.1 Å². The Bertz CT molecular complexity index is 493. The van der Waals surface area contributed by atoms with E-state index in [2.05, 4.69) is 10.3 Å². The normalized spacial score (nSPS) is 10.1. The molecule has 0 aliphatic heterocycles. The molecule has 1 aromatic heterocycles. The molecule has 0 saturated carbocycles. The van der Waals surface area contributed by atoms with E-state index in [9.17, 15) is 4.79 Å². The van der Waals surface area contributed by atoms with Crippen LogP contribution >= 0.6 is 34.5 Å². The van der Waals surface area contributed by atoms with Gasteiger partial charge in [0.2, 0.25) is 0 Å². The molecule has 0 fully saturated rings. The third kappa shape index (κ3) is 2.35. The zero-order chi connectivity index (χ0) is 11.5. The molecule has 0 radical (unpaired) electrons. The Balaban J connectivity index is 2.25. The Hall–Kier alpha value is -1.10. The Labute approximate surface area is 106 Å². The van der Waals surface area contributed by atoms with Crippen LogP contribution < -0.4 is 5.32 Å². The summed E-state index contributed by atoms with van der Waals surface area (Å²) in [5.74, 6) is -0.266. The van der Waals surface area contributed by atoms with Crippen molar-refractivity contribution in [1.82, 2.24) is 4.98 Å². The summed E-state index contributed by atoms with van der Waals surface area (Å²) in [7, 11) is 0. The molecular weight excluding hydrogens is 267 g/mol. The van der Waals surface area contributed by atoms with Crippen LogP contribution in [0.15, 0.2) is 29.9 Å². The number of carbonyl (C=O) groups excluding carboxylic acids is 1. The van der Waals surface area contributed by atoms with Gasteiger partial charge in [-0.1, -0.05) is 29.3 Å². The summed E-state index contributed by atoms with van der Waals surface area (Å²) in [4.78, 5) is 16.1. The minimum atomic E-state index is -0.266. The molecule has 2 rings (SSSR count). The number of thiazole rings is 1. The number of halogens is 2. The van der Waals surface area contributed by atoms with Crippen LogP contribution in [0.1, 0.15) is 9.67 Å². The van der Waals surface area contributed by atoms with Gasteiger partial charge in [-0.15, -0.1) is 11.3 Å². The summed E-state index contributed by atoms with van der Waals surface area (Å²) in [6, 6.07) is 5.04. The van der Waals surface area contributed by atoms with Gasteiger partial charge in [0, 0.05) is 0 Å². The number of rotatable bonds is 2. The average Bonchev–Trinajstić information content (AvgIpc) is 2.76. The maximum atomic E-state index is 11.7. The van der Waals surface area contributed by atoms with Gasteiger partial charge in [0.15, 0.2) is 0 Å². The number of hydrogen-bond acceptors (Lipinski definition) is 3. The minimum Gasteiger partial charge on any atom is -0.319 e. The van der Waals surface area contributed by atoms with Crippen LogP contribution in [0.2, 0.25) is 10.0 Å². The van der Waals surface area contributed by atoms with Crippen LogP contribution in [-0.2, 0) is 0 Å². The van der Waals surface area contributed by atoms with Crippen molar-refractivity contribution < 1.29 is 4.79 Å². The number of hydrogen-bond donors (Lipinski definition) is 1. The quantitative estimate of drug-likeness (QED) is 0.906. The minimum absolute atomic E-state index is 0.266. The molecule has 82 valence electrons. The Kier molecular flexibility index (Phi) is 3.43. The van der Waals surface area contributed by atoms with E-state index in [1.54, 1.807) is 23.7 Å². The highest BCUT2D eigenvalue weighted by Gasteiger charge is 2.12. The van der Waals surface area contributed by atoms with E-state index in [1.807, 2.05) is 0 Å². The molecule has 0 aliphatic rings. The van der Waals surface area contributed by atoms with Crippen molar-refractivity contribution in [1.29, 1.82) is 0 Å². The molecule has 0 saturated heterocycles. The summed E-state index contributed by atoms with van der Waals surface area (Å²) in [5.41, 5.74) is 2.01. The average molecular weight is 273 g/mol. The second-order valence-electron chi connectivity index (χ2n) is 2.92. The lowest BCUT2D eigenvalue weighted by molar-refractivity contribution is 0.103. The van der Waals surface area contributed by atoms with E-state index < -0.39 is 0 Å².